The van der Waals surface area contributed by atoms with Crippen LogP contribution < -0.4 is 10.1 Å². The van der Waals surface area contributed by atoms with Crippen molar-refractivity contribution in [2.75, 3.05) is 5.32 Å². The summed E-state index contributed by atoms with van der Waals surface area (Å²) in [5.41, 5.74) is 0.558. The fraction of sp³-hybridized carbons (Fsp3) is 0. The summed E-state index contributed by atoms with van der Waals surface area (Å²) in [6, 6.07) is 19.5. The lowest BCUT2D eigenvalue weighted by Crippen LogP contribution is -2.12. The van der Waals surface area contributed by atoms with Crippen molar-refractivity contribution in [1.82, 2.24) is 0 Å². The van der Waals surface area contributed by atoms with E-state index < -0.39 is 5.91 Å². The molecule has 0 aliphatic rings. The van der Waals surface area contributed by atoms with Gasteiger partial charge in [-0.1, -0.05) is 69.5 Å². The van der Waals surface area contributed by atoms with Crippen LogP contribution in [0, 0.1) is 0 Å². The van der Waals surface area contributed by atoms with Gasteiger partial charge in [0.15, 0.2) is 0 Å². The lowest BCUT2D eigenvalue weighted by Gasteiger charge is -2.13. The van der Waals surface area contributed by atoms with Gasteiger partial charge in [0.1, 0.15) is 17.2 Å². The number of halogens is 4. The maximum absolute atomic E-state index is 12.6. The van der Waals surface area contributed by atoms with Crippen molar-refractivity contribution in [1.29, 1.82) is 0 Å². The molecule has 0 saturated carbocycles. The molecule has 0 bridgehead atoms. The zero-order valence-electron chi connectivity index (χ0n) is 15.6. The fourth-order valence-corrected chi connectivity index (χ4v) is 4.73. The van der Waals surface area contributed by atoms with Crippen LogP contribution in [0.15, 0.2) is 75.7 Å². The molecule has 0 unspecified atom stereocenters. The minimum Gasteiger partial charge on any atom is -0.506 e. The Morgan fingerprint density at radius 2 is 1.68 bits per heavy atom. The van der Waals surface area contributed by atoms with E-state index in [1.54, 1.807) is 30.3 Å². The highest BCUT2D eigenvalue weighted by atomic mass is 79.9. The van der Waals surface area contributed by atoms with Gasteiger partial charge in [0.05, 0.1) is 20.1 Å². The van der Waals surface area contributed by atoms with Crippen molar-refractivity contribution in [2.24, 2.45) is 0 Å². The van der Waals surface area contributed by atoms with Gasteiger partial charge in [-0.3, -0.25) is 4.79 Å². The monoisotopic (exact) mass is 579 g/mol. The maximum atomic E-state index is 12.6. The first-order chi connectivity index (χ1) is 14.8. The number of ether oxygens (including phenoxy) is 1. The van der Waals surface area contributed by atoms with E-state index in [1.807, 2.05) is 30.3 Å². The Balaban J connectivity index is 1.56. The lowest BCUT2D eigenvalue weighted by molar-refractivity contribution is 0.102. The van der Waals surface area contributed by atoms with Crippen molar-refractivity contribution in [3.63, 3.8) is 0 Å². The zero-order chi connectivity index (χ0) is 22.1. The summed E-state index contributed by atoms with van der Waals surface area (Å²) in [7, 11) is 0. The number of benzene rings is 4. The predicted molar refractivity (Wildman–Crippen MR) is 132 cm³/mol. The Kier molecular flexibility index (Phi) is 6.44. The molecule has 31 heavy (non-hydrogen) atoms. The van der Waals surface area contributed by atoms with Crippen molar-refractivity contribution >= 4 is 77.4 Å². The summed E-state index contributed by atoms with van der Waals surface area (Å²) in [6.07, 6.45) is 0. The second kappa shape index (κ2) is 9.09. The molecular formula is C23H13Br2Cl2NO3. The topological polar surface area (TPSA) is 58.6 Å². The van der Waals surface area contributed by atoms with E-state index >= 15 is 0 Å². The number of nitrogens with one attached hydrogen (secondary N) is 1. The molecule has 0 radical (unpaired) electrons. The van der Waals surface area contributed by atoms with Crippen molar-refractivity contribution in [2.45, 2.75) is 0 Å². The third-order valence-corrected chi connectivity index (χ3v) is 6.26. The number of rotatable bonds is 4. The molecule has 0 heterocycles. The van der Waals surface area contributed by atoms with E-state index in [4.69, 9.17) is 27.9 Å². The first kappa shape index (κ1) is 22.0. The fourth-order valence-electron chi connectivity index (χ4n) is 3.01. The van der Waals surface area contributed by atoms with Gasteiger partial charge in [0, 0.05) is 15.5 Å². The first-order valence-electron chi connectivity index (χ1n) is 8.97. The molecule has 4 nitrogen and oxygen atoms in total. The number of phenols is 1. The van der Waals surface area contributed by atoms with Gasteiger partial charge in [-0.25, -0.2) is 0 Å². The summed E-state index contributed by atoms with van der Waals surface area (Å²) >= 11 is 19.4. The molecule has 0 fully saturated rings. The summed E-state index contributed by atoms with van der Waals surface area (Å²) in [4.78, 5) is 12.6. The summed E-state index contributed by atoms with van der Waals surface area (Å²) in [5, 5.41) is 15.5. The molecule has 0 spiro atoms. The minimum atomic E-state index is -0.484. The molecule has 1 amide bonds. The second-order valence-corrected chi connectivity index (χ2v) is 9.14. The molecule has 156 valence electrons. The van der Waals surface area contributed by atoms with Crippen LogP contribution in [0.25, 0.3) is 10.8 Å². The normalized spacial score (nSPS) is 10.8. The molecule has 4 rings (SSSR count). The van der Waals surface area contributed by atoms with Crippen molar-refractivity contribution in [3.8, 4) is 17.2 Å². The molecule has 0 saturated heterocycles. The van der Waals surface area contributed by atoms with E-state index in [9.17, 15) is 9.90 Å². The molecule has 4 aromatic carbocycles. The molecule has 0 aliphatic heterocycles. The second-order valence-electron chi connectivity index (χ2n) is 6.58. The third kappa shape index (κ3) is 4.67. The van der Waals surface area contributed by atoms with Gasteiger partial charge >= 0.3 is 0 Å². The largest absolute Gasteiger partial charge is 0.506 e. The van der Waals surface area contributed by atoms with E-state index in [0.29, 0.717) is 36.2 Å². The maximum Gasteiger partial charge on any atom is 0.259 e. The molecule has 2 N–H and O–H groups in total. The number of anilines is 1. The SMILES string of the molecule is O=C(Nc1ccc(Oc2ccc3ccccc3c2Cl)c(Cl)c1)c1cc(Br)cc(Br)c1O. The smallest absolute Gasteiger partial charge is 0.259 e. The average Bonchev–Trinajstić information content (AvgIpc) is 2.74. The zero-order valence-corrected chi connectivity index (χ0v) is 20.3. The van der Waals surface area contributed by atoms with Gasteiger partial charge < -0.3 is 15.2 Å². The molecule has 0 aromatic heterocycles. The highest BCUT2D eigenvalue weighted by molar-refractivity contribution is 9.11. The van der Waals surface area contributed by atoms with E-state index in [2.05, 4.69) is 37.2 Å². The highest BCUT2D eigenvalue weighted by Gasteiger charge is 2.16. The van der Waals surface area contributed by atoms with Crippen LogP contribution in [0.3, 0.4) is 0 Å². The minimum absolute atomic E-state index is 0.112. The van der Waals surface area contributed by atoms with Crippen LogP contribution in [0.4, 0.5) is 5.69 Å². The lowest BCUT2D eigenvalue weighted by atomic mass is 10.1. The summed E-state index contributed by atoms with van der Waals surface area (Å²) < 4.78 is 6.97. The van der Waals surface area contributed by atoms with E-state index in [-0.39, 0.29) is 11.3 Å². The number of phenolic OH excluding ortho intramolecular Hbond substituents is 1. The molecule has 0 atom stereocenters. The number of amides is 1. The van der Waals surface area contributed by atoms with Gasteiger partial charge in [-0.2, -0.15) is 0 Å². The number of fused-ring (bicyclic) bond motifs is 1. The summed E-state index contributed by atoms with van der Waals surface area (Å²) in [6.45, 7) is 0. The van der Waals surface area contributed by atoms with Gasteiger partial charge in [0.2, 0.25) is 0 Å². The Labute approximate surface area is 205 Å². The summed E-state index contributed by atoms with van der Waals surface area (Å²) in [5.74, 6) is 0.229. The number of aromatic hydroxyl groups is 1. The van der Waals surface area contributed by atoms with Gasteiger partial charge in [-0.05, 0) is 57.7 Å². The average molecular weight is 582 g/mol. The van der Waals surface area contributed by atoms with Crippen LogP contribution in [0.1, 0.15) is 10.4 Å². The van der Waals surface area contributed by atoms with Crippen LogP contribution in [0.5, 0.6) is 17.2 Å². The van der Waals surface area contributed by atoms with Crippen LogP contribution >= 0.6 is 55.1 Å². The van der Waals surface area contributed by atoms with Crippen LogP contribution in [-0.2, 0) is 0 Å². The first-order valence-corrected chi connectivity index (χ1v) is 11.3. The Morgan fingerprint density at radius 3 is 2.45 bits per heavy atom. The van der Waals surface area contributed by atoms with Crippen LogP contribution in [-0.4, -0.2) is 11.0 Å². The number of carbonyl (C=O) groups excluding carboxylic acids is 1. The number of hydrogen-bond acceptors (Lipinski definition) is 3. The van der Waals surface area contributed by atoms with Crippen LogP contribution in [0.2, 0.25) is 10.0 Å². The Bertz CT molecular complexity index is 1330. The molecule has 0 aliphatic carbocycles. The molecule has 8 heteroatoms. The van der Waals surface area contributed by atoms with Crippen molar-refractivity contribution < 1.29 is 14.6 Å². The van der Waals surface area contributed by atoms with E-state index in [0.717, 1.165) is 10.8 Å². The van der Waals surface area contributed by atoms with E-state index in [1.165, 1.54) is 6.07 Å². The highest BCUT2D eigenvalue weighted by Crippen LogP contribution is 2.39. The Morgan fingerprint density at radius 1 is 0.935 bits per heavy atom. The van der Waals surface area contributed by atoms with Gasteiger partial charge in [-0.15, -0.1) is 0 Å². The molecular weight excluding hydrogens is 569 g/mol. The molecule has 4 aromatic rings. The number of carbonyl (C=O) groups is 1. The standard InChI is InChI=1S/C23H13Br2Cl2NO3/c24-13-9-16(22(29)17(25)10-13)23(30)28-14-6-8-19(18(26)11-14)31-20-7-5-12-3-1-2-4-15(12)21(20)27/h1-11,29H,(H,28,30). The van der Waals surface area contributed by atoms with Gasteiger partial charge in [0.25, 0.3) is 5.91 Å². The third-order valence-electron chi connectivity index (χ3n) is 4.51. The number of hydrogen-bond donors (Lipinski definition) is 2. The quantitative estimate of drug-likeness (QED) is 0.254. The van der Waals surface area contributed by atoms with Crippen molar-refractivity contribution in [3.05, 3.63) is 91.3 Å². The predicted octanol–water partition coefficient (Wildman–Crippen LogP) is 8.42. The Hall–Kier alpha value is -2.25.